The van der Waals surface area contributed by atoms with Crippen molar-refractivity contribution in [1.82, 2.24) is 0 Å². The molecular formula is C18H21N. The topological polar surface area (TPSA) is 26.0 Å². The Kier molecular flexibility index (Phi) is 3.16. The van der Waals surface area contributed by atoms with E-state index in [2.05, 4.69) is 55.5 Å². The summed E-state index contributed by atoms with van der Waals surface area (Å²) in [6, 6.07) is 17.6. The van der Waals surface area contributed by atoms with Crippen molar-refractivity contribution >= 4 is 0 Å². The van der Waals surface area contributed by atoms with Crippen molar-refractivity contribution in [2.24, 2.45) is 5.73 Å². The molecule has 2 aromatic rings. The monoisotopic (exact) mass is 251 g/mol. The molecule has 0 radical (unpaired) electrons. The van der Waals surface area contributed by atoms with E-state index in [1.165, 1.54) is 35.1 Å². The maximum Gasteiger partial charge on any atom is 0.00763 e. The molecule has 1 nitrogen and oxygen atoms in total. The molecule has 98 valence electrons. The van der Waals surface area contributed by atoms with Gasteiger partial charge in [-0.05, 0) is 48.4 Å². The normalized spacial score (nSPS) is 16.3. The first kappa shape index (κ1) is 12.4. The van der Waals surface area contributed by atoms with Gasteiger partial charge in [-0.3, -0.25) is 0 Å². The highest BCUT2D eigenvalue weighted by Gasteiger charge is 2.42. The average Bonchev–Trinajstić information content (AvgIpc) is 3.23. The Morgan fingerprint density at radius 3 is 2.53 bits per heavy atom. The third-order valence-corrected chi connectivity index (χ3v) is 4.44. The molecule has 0 aliphatic heterocycles. The zero-order valence-electron chi connectivity index (χ0n) is 11.5. The lowest BCUT2D eigenvalue weighted by Gasteiger charge is -2.14. The lowest BCUT2D eigenvalue weighted by Crippen LogP contribution is -2.19. The molecule has 1 aliphatic rings. The van der Waals surface area contributed by atoms with Gasteiger partial charge in [0.15, 0.2) is 0 Å². The number of hydrogen-bond donors (Lipinski definition) is 1. The second-order valence-electron chi connectivity index (χ2n) is 5.79. The highest BCUT2D eigenvalue weighted by Crippen LogP contribution is 2.47. The van der Waals surface area contributed by atoms with Gasteiger partial charge in [0.2, 0.25) is 0 Å². The van der Waals surface area contributed by atoms with Crippen molar-refractivity contribution in [2.45, 2.75) is 31.6 Å². The molecule has 0 amide bonds. The van der Waals surface area contributed by atoms with E-state index >= 15 is 0 Å². The molecule has 19 heavy (non-hydrogen) atoms. The molecule has 1 fully saturated rings. The predicted octanol–water partition coefficient (Wildman–Crippen LogP) is 3.58. The molecule has 0 spiro atoms. The van der Waals surface area contributed by atoms with Crippen molar-refractivity contribution in [3.05, 3.63) is 70.8 Å². The largest absolute Gasteiger partial charge is 0.330 e. The molecule has 2 N–H and O–H groups in total. The fourth-order valence-electron chi connectivity index (χ4n) is 2.80. The summed E-state index contributed by atoms with van der Waals surface area (Å²) in [5, 5.41) is 0. The summed E-state index contributed by atoms with van der Waals surface area (Å²) in [7, 11) is 0. The summed E-state index contributed by atoms with van der Waals surface area (Å²) in [5.41, 5.74) is 11.8. The highest BCUT2D eigenvalue weighted by molar-refractivity contribution is 5.38. The van der Waals surface area contributed by atoms with Crippen LogP contribution in [0.15, 0.2) is 48.5 Å². The Bertz CT molecular complexity index is 582. The van der Waals surface area contributed by atoms with Gasteiger partial charge in [-0.2, -0.15) is 0 Å². The van der Waals surface area contributed by atoms with Crippen molar-refractivity contribution in [3.8, 4) is 0 Å². The maximum absolute atomic E-state index is 5.93. The Hall–Kier alpha value is -1.60. The molecule has 0 aromatic heterocycles. The molecule has 0 atom stereocenters. The number of aryl methyl sites for hydroxylation is 1. The number of benzene rings is 2. The zero-order chi connectivity index (χ0) is 13.3. The smallest absolute Gasteiger partial charge is 0.00763 e. The summed E-state index contributed by atoms with van der Waals surface area (Å²) in [6.07, 6.45) is 3.51. The van der Waals surface area contributed by atoms with E-state index in [0.29, 0.717) is 5.41 Å². The second-order valence-corrected chi connectivity index (χ2v) is 5.79. The minimum atomic E-state index is 0.293. The molecular weight excluding hydrogens is 230 g/mol. The summed E-state index contributed by atoms with van der Waals surface area (Å²) < 4.78 is 0. The van der Waals surface area contributed by atoms with Gasteiger partial charge in [0, 0.05) is 12.0 Å². The van der Waals surface area contributed by atoms with Crippen LogP contribution in [0.25, 0.3) is 0 Å². The van der Waals surface area contributed by atoms with Gasteiger partial charge in [0.1, 0.15) is 0 Å². The van der Waals surface area contributed by atoms with Crippen molar-refractivity contribution in [1.29, 1.82) is 0 Å². The highest BCUT2D eigenvalue weighted by atomic mass is 14.7. The van der Waals surface area contributed by atoms with Crippen molar-refractivity contribution in [3.63, 3.8) is 0 Å². The van der Waals surface area contributed by atoms with Gasteiger partial charge in [-0.1, -0.05) is 48.5 Å². The Labute approximate surface area is 115 Å². The Morgan fingerprint density at radius 1 is 1.05 bits per heavy atom. The van der Waals surface area contributed by atoms with Gasteiger partial charge in [-0.25, -0.2) is 0 Å². The molecule has 1 heteroatoms. The number of rotatable bonds is 4. The van der Waals surface area contributed by atoms with Crippen LogP contribution < -0.4 is 5.73 Å². The fourth-order valence-corrected chi connectivity index (χ4v) is 2.80. The van der Waals surface area contributed by atoms with Crippen LogP contribution in [0.5, 0.6) is 0 Å². The average molecular weight is 251 g/mol. The van der Waals surface area contributed by atoms with Crippen LogP contribution in [-0.4, -0.2) is 6.54 Å². The van der Waals surface area contributed by atoms with Crippen LogP contribution in [0.3, 0.4) is 0 Å². The van der Waals surface area contributed by atoms with Crippen LogP contribution in [0.1, 0.15) is 35.1 Å². The zero-order valence-corrected chi connectivity index (χ0v) is 11.5. The summed E-state index contributed by atoms with van der Waals surface area (Å²) in [6.45, 7) is 2.96. The van der Waals surface area contributed by atoms with Crippen molar-refractivity contribution in [2.75, 3.05) is 6.54 Å². The molecule has 1 aliphatic carbocycles. The molecule has 2 aromatic carbocycles. The first-order valence-corrected chi connectivity index (χ1v) is 7.07. The van der Waals surface area contributed by atoms with Crippen LogP contribution in [0, 0.1) is 6.92 Å². The van der Waals surface area contributed by atoms with E-state index in [0.717, 1.165) is 13.0 Å². The summed E-state index contributed by atoms with van der Waals surface area (Å²) in [4.78, 5) is 0. The third-order valence-electron chi connectivity index (χ3n) is 4.44. The van der Waals surface area contributed by atoms with Crippen LogP contribution in [-0.2, 0) is 11.8 Å². The quantitative estimate of drug-likeness (QED) is 0.883. The maximum atomic E-state index is 5.93. The SMILES string of the molecule is Cc1ccccc1Cc1cccc(C2(CN)CC2)c1. The van der Waals surface area contributed by atoms with Gasteiger partial charge in [-0.15, -0.1) is 0 Å². The third kappa shape index (κ3) is 2.43. The Morgan fingerprint density at radius 2 is 1.84 bits per heavy atom. The van der Waals surface area contributed by atoms with Gasteiger partial charge >= 0.3 is 0 Å². The summed E-state index contributed by atoms with van der Waals surface area (Å²) in [5.74, 6) is 0. The molecule has 1 saturated carbocycles. The lowest BCUT2D eigenvalue weighted by atomic mass is 9.92. The van der Waals surface area contributed by atoms with E-state index in [1.807, 2.05) is 0 Å². The van der Waals surface area contributed by atoms with Crippen LogP contribution >= 0.6 is 0 Å². The number of hydrogen-bond acceptors (Lipinski definition) is 1. The molecule has 0 heterocycles. The Balaban J connectivity index is 1.86. The molecule has 0 saturated heterocycles. The van der Waals surface area contributed by atoms with Gasteiger partial charge in [0.25, 0.3) is 0 Å². The lowest BCUT2D eigenvalue weighted by molar-refractivity contribution is 0.703. The predicted molar refractivity (Wildman–Crippen MR) is 80.4 cm³/mol. The second kappa shape index (κ2) is 4.82. The van der Waals surface area contributed by atoms with Gasteiger partial charge < -0.3 is 5.73 Å². The van der Waals surface area contributed by atoms with Crippen molar-refractivity contribution < 1.29 is 0 Å². The van der Waals surface area contributed by atoms with E-state index in [4.69, 9.17) is 5.73 Å². The molecule has 3 rings (SSSR count). The van der Waals surface area contributed by atoms with Crippen LogP contribution in [0.2, 0.25) is 0 Å². The number of nitrogens with two attached hydrogens (primary N) is 1. The minimum absolute atomic E-state index is 0.293. The van der Waals surface area contributed by atoms with Crippen LogP contribution in [0.4, 0.5) is 0 Å². The van der Waals surface area contributed by atoms with E-state index in [-0.39, 0.29) is 0 Å². The fraction of sp³-hybridized carbons (Fsp3) is 0.333. The first-order chi connectivity index (χ1) is 9.23. The standard InChI is InChI=1S/C18H21N/c1-14-5-2-3-7-16(14)11-15-6-4-8-17(12-15)18(13-19)9-10-18/h2-8,12H,9-11,13,19H2,1H3. The molecule has 0 bridgehead atoms. The van der Waals surface area contributed by atoms with E-state index in [1.54, 1.807) is 0 Å². The van der Waals surface area contributed by atoms with Gasteiger partial charge in [0.05, 0.1) is 0 Å². The minimum Gasteiger partial charge on any atom is -0.330 e. The first-order valence-electron chi connectivity index (χ1n) is 7.07. The van der Waals surface area contributed by atoms with E-state index < -0.39 is 0 Å². The summed E-state index contributed by atoms with van der Waals surface area (Å²) >= 11 is 0. The molecule has 0 unspecified atom stereocenters. The van der Waals surface area contributed by atoms with E-state index in [9.17, 15) is 0 Å².